The van der Waals surface area contributed by atoms with Gasteiger partial charge >= 0.3 is 0 Å². The number of hydrogen-bond acceptors (Lipinski definition) is 4. The Morgan fingerprint density at radius 1 is 0.900 bits per heavy atom. The summed E-state index contributed by atoms with van der Waals surface area (Å²) in [5, 5.41) is 0. The van der Waals surface area contributed by atoms with E-state index in [0.717, 1.165) is 64.0 Å². The Kier molecular flexibility index (Phi) is 7.49. The molecule has 1 aromatic heterocycles. The van der Waals surface area contributed by atoms with E-state index >= 15 is 0 Å². The van der Waals surface area contributed by atoms with E-state index in [1.165, 1.54) is 11.1 Å². The number of amides is 1. The van der Waals surface area contributed by atoms with Gasteiger partial charge in [0.2, 0.25) is 5.91 Å². The number of piperidine rings is 1. The molecule has 3 heterocycles. The van der Waals surface area contributed by atoms with Crippen molar-refractivity contribution >= 4 is 5.91 Å². The van der Waals surface area contributed by atoms with Crippen molar-refractivity contribution in [1.82, 2.24) is 9.88 Å². The van der Waals surface area contributed by atoms with E-state index < -0.39 is 0 Å². The molecule has 0 N–H and O–H groups in total. The maximum absolute atomic E-state index is 12.7. The Hall–Kier alpha value is -2.24. The summed E-state index contributed by atoms with van der Waals surface area (Å²) < 4.78 is 11.2. The lowest BCUT2D eigenvalue weighted by atomic mass is 9.89. The Morgan fingerprint density at radius 3 is 2.17 bits per heavy atom. The van der Waals surface area contributed by atoms with Gasteiger partial charge in [-0.3, -0.25) is 9.78 Å². The molecule has 4 rings (SSSR count). The molecule has 0 radical (unpaired) electrons. The molecule has 0 spiro atoms. The van der Waals surface area contributed by atoms with E-state index in [1.54, 1.807) is 12.4 Å². The lowest BCUT2D eigenvalue weighted by molar-refractivity contribution is -0.139. The van der Waals surface area contributed by atoms with E-state index in [9.17, 15) is 4.79 Å². The molecule has 30 heavy (non-hydrogen) atoms. The first-order chi connectivity index (χ1) is 14.8. The molecular weight excluding hydrogens is 376 g/mol. The second-order valence-corrected chi connectivity index (χ2v) is 8.52. The maximum atomic E-state index is 12.7. The summed E-state index contributed by atoms with van der Waals surface area (Å²) in [6.07, 6.45) is 8.65. The van der Waals surface area contributed by atoms with Gasteiger partial charge in [0.25, 0.3) is 0 Å². The SMILES string of the molecule is O=C(C1CCOCC1)N1CCC(Cc2ccc(COCc3ccncc3)cc2)CC1. The smallest absolute Gasteiger partial charge is 0.225 e. The number of carbonyl (C=O) groups is 1. The van der Waals surface area contributed by atoms with Crippen molar-refractivity contribution in [2.75, 3.05) is 26.3 Å². The molecule has 2 aromatic rings. The Balaban J connectivity index is 1.18. The molecule has 2 aliphatic rings. The van der Waals surface area contributed by atoms with Crippen LogP contribution in [0.4, 0.5) is 0 Å². The summed E-state index contributed by atoms with van der Waals surface area (Å²) in [6.45, 7) is 4.50. The van der Waals surface area contributed by atoms with Crippen LogP contribution in [0.25, 0.3) is 0 Å². The number of nitrogens with zero attached hydrogens (tertiary/aromatic N) is 2. The maximum Gasteiger partial charge on any atom is 0.225 e. The summed E-state index contributed by atoms with van der Waals surface area (Å²) >= 11 is 0. The predicted molar refractivity (Wildman–Crippen MR) is 116 cm³/mol. The second-order valence-electron chi connectivity index (χ2n) is 8.52. The minimum absolute atomic E-state index is 0.184. The van der Waals surface area contributed by atoms with E-state index in [2.05, 4.69) is 34.1 Å². The van der Waals surface area contributed by atoms with Crippen LogP contribution in [0.15, 0.2) is 48.8 Å². The lowest BCUT2D eigenvalue weighted by Crippen LogP contribution is -2.43. The highest BCUT2D eigenvalue weighted by atomic mass is 16.5. The summed E-state index contributed by atoms with van der Waals surface area (Å²) in [6, 6.07) is 12.8. The fraction of sp³-hybridized carbons (Fsp3) is 0.520. The van der Waals surface area contributed by atoms with Crippen molar-refractivity contribution in [3.63, 3.8) is 0 Å². The molecule has 5 nitrogen and oxygen atoms in total. The van der Waals surface area contributed by atoms with Crippen molar-refractivity contribution in [1.29, 1.82) is 0 Å². The molecule has 1 amide bonds. The number of ether oxygens (including phenoxy) is 2. The standard InChI is InChI=1S/C25H32N2O3/c28-25(24-9-15-29-16-10-24)27-13-7-21(8-14-27)17-20-1-3-22(4-2-20)18-30-19-23-5-11-26-12-6-23/h1-6,11-12,21,24H,7-10,13-19H2. The fourth-order valence-electron chi connectivity index (χ4n) is 4.43. The van der Waals surface area contributed by atoms with Gasteiger partial charge in [0.15, 0.2) is 0 Å². The molecule has 0 aliphatic carbocycles. The van der Waals surface area contributed by atoms with Gasteiger partial charge in [0, 0.05) is 44.6 Å². The van der Waals surface area contributed by atoms with Crippen LogP contribution in [0.2, 0.25) is 0 Å². The third-order valence-electron chi connectivity index (χ3n) is 6.33. The van der Waals surface area contributed by atoms with Crippen LogP contribution < -0.4 is 0 Å². The molecule has 160 valence electrons. The second kappa shape index (κ2) is 10.7. The van der Waals surface area contributed by atoms with Crippen molar-refractivity contribution in [3.05, 3.63) is 65.5 Å². The monoisotopic (exact) mass is 408 g/mol. The number of pyridine rings is 1. The summed E-state index contributed by atoms with van der Waals surface area (Å²) in [4.78, 5) is 18.8. The van der Waals surface area contributed by atoms with Crippen LogP contribution >= 0.6 is 0 Å². The van der Waals surface area contributed by atoms with E-state index in [4.69, 9.17) is 9.47 Å². The number of rotatable bonds is 7. The highest BCUT2D eigenvalue weighted by Gasteiger charge is 2.29. The minimum Gasteiger partial charge on any atom is -0.381 e. The molecule has 1 aromatic carbocycles. The number of carbonyl (C=O) groups excluding carboxylic acids is 1. The van der Waals surface area contributed by atoms with Gasteiger partial charge in [-0.25, -0.2) is 0 Å². The van der Waals surface area contributed by atoms with Crippen molar-refractivity contribution in [3.8, 4) is 0 Å². The summed E-state index contributed by atoms with van der Waals surface area (Å²) in [7, 11) is 0. The first-order valence-corrected chi connectivity index (χ1v) is 11.2. The average molecular weight is 409 g/mol. The first-order valence-electron chi connectivity index (χ1n) is 11.2. The zero-order valence-corrected chi connectivity index (χ0v) is 17.7. The zero-order valence-electron chi connectivity index (χ0n) is 17.7. The highest BCUT2D eigenvalue weighted by molar-refractivity contribution is 5.79. The van der Waals surface area contributed by atoms with Crippen molar-refractivity contribution < 1.29 is 14.3 Å². The Morgan fingerprint density at radius 2 is 1.50 bits per heavy atom. The number of aromatic nitrogens is 1. The lowest BCUT2D eigenvalue weighted by Gasteiger charge is -2.35. The third kappa shape index (κ3) is 5.89. The first kappa shape index (κ1) is 21.0. The van der Waals surface area contributed by atoms with Gasteiger partial charge in [0.05, 0.1) is 13.2 Å². The number of likely N-dealkylation sites (tertiary alicyclic amines) is 1. The van der Waals surface area contributed by atoms with Gasteiger partial charge in [-0.1, -0.05) is 24.3 Å². The molecular formula is C25H32N2O3. The molecule has 2 aliphatic heterocycles. The Labute approximate surface area is 179 Å². The quantitative estimate of drug-likeness (QED) is 0.695. The van der Waals surface area contributed by atoms with Crippen LogP contribution in [0.1, 0.15) is 42.4 Å². The van der Waals surface area contributed by atoms with Gasteiger partial charge in [-0.05, 0) is 66.8 Å². The molecule has 2 saturated heterocycles. The predicted octanol–water partition coefficient (Wildman–Crippen LogP) is 4.01. The van der Waals surface area contributed by atoms with Crippen LogP contribution in [-0.4, -0.2) is 42.1 Å². The molecule has 0 atom stereocenters. The molecule has 5 heteroatoms. The average Bonchev–Trinajstić information content (AvgIpc) is 2.81. The van der Waals surface area contributed by atoms with Crippen molar-refractivity contribution in [2.24, 2.45) is 11.8 Å². The normalized spacial score (nSPS) is 18.5. The van der Waals surface area contributed by atoms with Gasteiger partial charge in [-0.15, -0.1) is 0 Å². The highest BCUT2D eigenvalue weighted by Crippen LogP contribution is 2.25. The van der Waals surface area contributed by atoms with Crippen LogP contribution in [0.5, 0.6) is 0 Å². The molecule has 0 bridgehead atoms. The topological polar surface area (TPSA) is 51.7 Å². The van der Waals surface area contributed by atoms with Gasteiger partial charge in [-0.2, -0.15) is 0 Å². The fourth-order valence-corrected chi connectivity index (χ4v) is 4.43. The zero-order chi connectivity index (χ0) is 20.6. The van der Waals surface area contributed by atoms with E-state index in [1.807, 2.05) is 12.1 Å². The van der Waals surface area contributed by atoms with Crippen LogP contribution in [-0.2, 0) is 33.9 Å². The van der Waals surface area contributed by atoms with Gasteiger partial charge < -0.3 is 14.4 Å². The number of hydrogen-bond donors (Lipinski definition) is 0. The summed E-state index contributed by atoms with van der Waals surface area (Å²) in [5.41, 5.74) is 3.72. The Bertz CT molecular complexity index is 780. The molecule has 0 unspecified atom stereocenters. The largest absolute Gasteiger partial charge is 0.381 e. The summed E-state index contributed by atoms with van der Waals surface area (Å²) in [5.74, 6) is 1.20. The van der Waals surface area contributed by atoms with Crippen LogP contribution in [0, 0.1) is 11.8 Å². The van der Waals surface area contributed by atoms with Gasteiger partial charge in [0.1, 0.15) is 0 Å². The van der Waals surface area contributed by atoms with E-state index in [0.29, 0.717) is 25.0 Å². The van der Waals surface area contributed by atoms with E-state index in [-0.39, 0.29) is 5.92 Å². The van der Waals surface area contributed by atoms with Crippen molar-refractivity contribution in [2.45, 2.75) is 45.3 Å². The third-order valence-corrected chi connectivity index (χ3v) is 6.33. The molecule has 2 fully saturated rings. The molecule has 0 saturated carbocycles. The van der Waals surface area contributed by atoms with Crippen LogP contribution in [0.3, 0.4) is 0 Å². The number of benzene rings is 1. The minimum atomic E-state index is 0.184.